The van der Waals surface area contributed by atoms with Crippen LogP contribution in [0.5, 0.6) is 0 Å². The molecule has 0 radical (unpaired) electrons. The van der Waals surface area contributed by atoms with E-state index in [9.17, 15) is 8.42 Å². The monoisotopic (exact) mass is 769 g/mol. The van der Waals surface area contributed by atoms with Crippen molar-refractivity contribution in [3.05, 3.63) is 136 Å². The lowest BCUT2D eigenvalue weighted by molar-refractivity contribution is -0.147. The number of hydrogen-bond acceptors (Lipinski definition) is 4. The lowest BCUT2D eigenvalue weighted by Crippen LogP contribution is -2.45. The van der Waals surface area contributed by atoms with E-state index in [1.165, 1.54) is 47.1 Å². The number of benzene rings is 1. The van der Waals surface area contributed by atoms with Crippen molar-refractivity contribution in [2.45, 2.75) is 157 Å². The maximum absolute atomic E-state index is 14.7. The molecule has 0 spiro atoms. The van der Waals surface area contributed by atoms with Gasteiger partial charge in [0.15, 0.2) is 16.1 Å². The van der Waals surface area contributed by atoms with Crippen molar-refractivity contribution in [3.8, 4) is 0 Å². The van der Waals surface area contributed by atoms with Gasteiger partial charge in [0.1, 0.15) is 11.4 Å². The third-order valence-electron chi connectivity index (χ3n) is 11.3. The molecule has 0 N–H and O–H groups in total. The summed E-state index contributed by atoms with van der Waals surface area (Å²) in [5, 5.41) is -0.861. The number of hydrogen-bond donors (Lipinski definition) is 0. The largest absolute Gasteiger partial charge is 0.353 e. The maximum atomic E-state index is 14.7. The van der Waals surface area contributed by atoms with E-state index >= 15 is 0 Å². The first-order valence-electron chi connectivity index (χ1n) is 20.6. The second-order valence-corrected chi connectivity index (χ2v) is 19.2. The Morgan fingerprint density at radius 3 is 2.05 bits per heavy atom. The van der Waals surface area contributed by atoms with Crippen molar-refractivity contribution in [1.29, 1.82) is 0 Å². The second kappa shape index (κ2) is 21.3. The van der Waals surface area contributed by atoms with Crippen molar-refractivity contribution in [2.75, 3.05) is 6.61 Å². The molecule has 0 saturated heterocycles. The molecule has 4 nitrogen and oxygen atoms in total. The van der Waals surface area contributed by atoms with Crippen LogP contribution in [0.25, 0.3) is 0 Å². The van der Waals surface area contributed by atoms with Crippen LogP contribution >= 0.6 is 0 Å². The molecule has 3 rings (SSSR count). The summed E-state index contributed by atoms with van der Waals surface area (Å²) in [4.78, 5) is 0.323. The van der Waals surface area contributed by atoms with Crippen molar-refractivity contribution < 1.29 is 17.9 Å². The highest BCUT2D eigenvalue weighted by molar-refractivity contribution is 7.92. The summed E-state index contributed by atoms with van der Waals surface area (Å²) in [6.07, 6.45) is 28.6. The van der Waals surface area contributed by atoms with Crippen LogP contribution in [0.3, 0.4) is 0 Å². The van der Waals surface area contributed by atoms with Gasteiger partial charge in [-0.1, -0.05) is 135 Å². The van der Waals surface area contributed by atoms with Gasteiger partial charge in [0.05, 0.1) is 4.90 Å². The topological polar surface area (TPSA) is 52.6 Å². The molecule has 0 aliphatic heterocycles. The molecule has 0 fully saturated rings. The average Bonchev–Trinajstić information content (AvgIpc) is 3.10. The fourth-order valence-electron chi connectivity index (χ4n) is 8.24. The minimum absolute atomic E-state index is 0.255. The lowest BCUT2D eigenvalue weighted by Gasteiger charge is -2.42. The summed E-state index contributed by atoms with van der Waals surface area (Å²) in [5.41, 5.74) is 9.71. The molecule has 0 aromatic heterocycles. The SMILES string of the molecule is CCOC(C)OC(/C(C)=C/CC/C(C)=C/C=C/C=C(C)/C=C/C=C(C)/C=C/C1=C(C)CCCC1(C)C)C(C1=C(C)CCCC1(C)C)S(=O)(=O)c1ccccc1. The Balaban J connectivity index is 1.76. The van der Waals surface area contributed by atoms with E-state index in [4.69, 9.17) is 9.47 Å². The highest BCUT2D eigenvalue weighted by atomic mass is 32.2. The molecule has 2 aliphatic carbocycles. The molecule has 3 atom stereocenters. The minimum atomic E-state index is -3.81. The van der Waals surface area contributed by atoms with Crippen LogP contribution in [0.1, 0.15) is 134 Å². The molecule has 5 heteroatoms. The first-order valence-corrected chi connectivity index (χ1v) is 22.1. The predicted molar refractivity (Wildman–Crippen MR) is 236 cm³/mol. The molecular formula is C50H72O4S. The highest BCUT2D eigenvalue weighted by Gasteiger charge is 2.46. The molecule has 3 unspecified atom stereocenters. The quantitative estimate of drug-likeness (QED) is 0.0848. The van der Waals surface area contributed by atoms with Gasteiger partial charge in [-0.3, -0.25) is 0 Å². The van der Waals surface area contributed by atoms with Crippen molar-refractivity contribution in [1.82, 2.24) is 0 Å². The molecular weight excluding hydrogens is 697 g/mol. The van der Waals surface area contributed by atoms with Crippen LogP contribution in [-0.4, -0.2) is 32.7 Å². The van der Waals surface area contributed by atoms with Gasteiger partial charge in [0.25, 0.3) is 0 Å². The van der Waals surface area contributed by atoms with Crippen LogP contribution in [-0.2, 0) is 19.3 Å². The molecule has 1 aromatic rings. The van der Waals surface area contributed by atoms with Gasteiger partial charge in [-0.25, -0.2) is 8.42 Å². The highest BCUT2D eigenvalue weighted by Crippen LogP contribution is 2.47. The van der Waals surface area contributed by atoms with E-state index in [-0.39, 0.29) is 10.8 Å². The Hall–Kier alpha value is -3.25. The van der Waals surface area contributed by atoms with Crippen LogP contribution in [0.4, 0.5) is 0 Å². The molecule has 0 amide bonds. The molecule has 1 aromatic carbocycles. The predicted octanol–water partition coefficient (Wildman–Crippen LogP) is 13.9. The molecule has 0 heterocycles. The Labute approximate surface area is 336 Å². The summed E-state index contributed by atoms with van der Waals surface area (Å²) in [5.74, 6) is 0. The first-order chi connectivity index (χ1) is 25.9. The zero-order valence-corrected chi connectivity index (χ0v) is 37.1. The van der Waals surface area contributed by atoms with Gasteiger partial charge in [-0.15, -0.1) is 0 Å². The molecule has 302 valence electrons. The Morgan fingerprint density at radius 1 is 0.818 bits per heavy atom. The van der Waals surface area contributed by atoms with Crippen molar-refractivity contribution >= 4 is 9.84 Å². The summed E-state index contributed by atoms with van der Waals surface area (Å²) >= 11 is 0. The van der Waals surface area contributed by atoms with E-state index < -0.39 is 27.5 Å². The first kappa shape index (κ1) is 46.1. The Morgan fingerprint density at radius 2 is 1.42 bits per heavy atom. The fraction of sp³-hybridized carbons (Fsp3) is 0.520. The van der Waals surface area contributed by atoms with Gasteiger partial charge in [-0.2, -0.15) is 0 Å². The smallest absolute Gasteiger partial charge is 0.187 e. The Kier molecular flexibility index (Phi) is 17.9. The summed E-state index contributed by atoms with van der Waals surface area (Å²) < 4.78 is 41.9. The lowest BCUT2D eigenvalue weighted by atomic mass is 9.70. The summed E-state index contributed by atoms with van der Waals surface area (Å²) in [7, 11) is -3.81. The molecule has 0 bridgehead atoms. The van der Waals surface area contributed by atoms with E-state index in [1.807, 2.05) is 26.8 Å². The number of sulfone groups is 1. The van der Waals surface area contributed by atoms with Gasteiger partial charge in [0, 0.05) is 6.61 Å². The number of rotatable bonds is 18. The second-order valence-electron chi connectivity index (χ2n) is 17.1. The third kappa shape index (κ3) is 13.7. The van der Waals surface area contributed by atoms with Crippen molar-refractivity contribution in [3.63, 3.8) is 0 Å². The van der Waals surface area contributed by atoms with Gasteiger partial charge < -0.3 is 9.47 Å². The minimum Gasteiger partial charge on any atom is -0.353 e. The normalized spacial score (nSPS) is 20.9. The average molecular weight is 769 g/mol. The summed E-state index contributed by atoms with van der Waals surface area (Å²) in [6, 6.07) is 8.87. The van der Waals surface area contributed by atoms with Gasteiger partial charge in [-0.05, 0) is 146 Å². The zero-order valence-electron chi connectivity index (χ0n) is 36.3. The number of ether oxygens (including phenoxy) is 2. The number of allylic oxidation sites excluding steroid dienone is 16. The van der Waals surface area contributed by atoms with E-state index in [0.717, 1.165) is 48.8 Å². The van der Waals surface area contributed by atoms with E-state index in [0.29, 0.717) is 11.5 Å². The van der Waals surface area contributed by atoms with E-state index in [1.54, 1.807) is 24.3 Å². The van der Waals surface area contributed by atoms with Gasteiger partial charge >= 0.3 is 0 Å². The molecule has 55 heavy (non-hydrogen) atoms. The molecule has 0 saturated carbocycles. The standard InChI is InChI=1S/C50H72O4S/c1-13-53-43(8)54-47(48(46-41(6)30-22-36-50(46,11)12)55(51,52)44-31-15-14-16-32-44)42(7)28-20-27-38(3)24-18-17-23-37(2)25-19-26-39(4)33-34-45-40(5)29-21-35-49(45,9)10/h14-19,23-26,28,31-34,43,47-48H,13,20-22,27,29-30,35-36H2,1-12H3/b18-17+,25-19+,34-33+,37-23+,38-24+,39-26+,42-28+. The van der Waals surface area contributed by atoms with Crippen LogP contribution in [0, 0.1) is 10.8 Å². The summed E-state index contributed by atoms with van der Waals surface area (Å²) in [6.45, 7) is 26.2. The zero-order chi connectivity index (χ0) is 40.8. The van der Waals surface area contributed by atoms with Crippen molar-refractivity contribution in [2.24, 2.45) is 10.8 Å². The van der Waals surface area contributed by atoms with E-state index in [2.05, 4.69) is 123 Å². The third-order valence-corrected chi connectivity index (χ3v) is 13.4. The molecule has 2 aliphatic rings. The fourth-order valence-corrected chi connectivity index (χ4v) is 10.5. The van der Waals surface area contributed by atoms with Gasteiger partial charge in [0.2, 0.25) is 0 Å². The maximum Gasteiger partial charge on any atom is 0.187 e. The van der Waals surface area contributed by atoms with Crippen LogP contribution in [0.2, 0.25) is 0 Å². The van der Waals surface area contributed by atoms with Crippen LogP contribution in [0.15, 0.2) is 141 Å². The Bertz CT molecular complexity index is 1820. The van der Waals surface area contributed by atoms with Crippen LogP contribution < -0.4 is 0 Å².